The number of hydrogen-bond acceptors (Lipinski definition) is 6. The largest absolute Gasteiger partial charge is 0.353 e. The maximum absolute atomic E-state index is 13.7. The second-order valence-corrected chi connectivity index (χ2v) is 7.61. The second-order valence-electron chi connectivity index (χ2n) is 7.18. The molecule has 9 heteroatoms. The van der Waals surface area contributed by atoms with Crippen LogP contribution in [0.3, 0.4) is 0 Å². The summed E-state index contributed by atoms with van der Waals surface area (Å²) in [6, 6.07) is 8.48. The molecule has 30 heavy (non-hydrogen) atoms. The minimum Gasteiger partial charge on any atom is -0.353 e. The fourth-order valence-corrected chi connectivity index (χ4v) is 3.43. The normalized spacial score (nSPS) is 14.2. The van der Waals surface area contributed by atoms with E-state index in [1.165, 1.54) is 6.07 Å². The highest BCUT2D eigenvalue weighted by molar-refractivity contribution is 6.30. The van der Waals surface area contributed by atoms with E-state index in [0.717, 1.165) is 5.82 Å². The van der Waals surface area contributed by atoms with Crippen LogP contribution in [-0.4, -0.2) is 52.1 Å². The van der Waals surface area contributed by atoms with E-state index in [4.69, 9.17) is 16.1 Å². The van der Waals surface area contributed by atoms with E-state index >= 15 is 0 Å². The number of nitrogens with zero attached hydrogens (tertiary/aromatic N) is 5. The van der Waals surface area contributed by atoms with Crippen LogP contribution >= 0.6 is 11.6 Å². The number of rotatable bonds is 5. The highest BCUT2D eigenvalue weighted by atomic mass is 35.5. The first-order chi connectivity index (χ1) is 14.5. The summed E-state index contributed by atoms with van der Waals surface area (Å²) in [5.74, 6) is 1.27. The molecule has 0 aliphatic carbocycles. The summed E-state index contributed by atoms with van der Waals surface area (Å²) in [7, 11) is 0. The number of anilines is 1. The van der Waals surface area contributed by atoms with Crippen molar-refractivity contribution in [2.45, 2.75) is 19.8 Å². The third-order valence-electron chi connectivity index (χ3n) is 5.12. The molecule has 3 heterocycles. The highest BCUT2D eigenvalue weighted by Gasteiger charge is 2.22. The molecular formula is C21H21ClFN5O2. The third-order valence-corrected chi connectivity index (χ3v) is 5.34. The van der Waals surface area contributed by atoms with Crippen molar-refractivity contribution in [3.8, 4) is 11.4 Å². The molecule has 0 N–H and O–H groups in total. The number of amides is 1. The number of benzene rings is 1. The minimum atomic E-state index is -0.318. The van der Waals surface area contributed by atoms with Crippen LogP contribution in [0.5, 0.6) is 0 Å². The van der Waals surface area contributed by atoms with Crippen molar-refractivity contribution in [3.05, 3.63) is 58.8 Å². The Hall–Kier alpha value is -3.00. The van der Waals surface area contributed by atoms with Gasteiger partial charge >= 0.3 is 0 Å². The molecule has 156 valence electrons. The van der Waals surface area contributed by atoms with Crippen LogP contribution in [-0.2, 0) is 11.2 Å². The maximum atomic E-state index is 13.7. The number of halogens is 2. The summed E-state index contributed by atoms with van der Waals surface area (Å²) < 4.78 is 19.0. The van der Waals surface area contributed by atoms with Gasteiger partial charge in [-0.25, -0.2) is 9.37 Å². The first kappa shape index (κ1) is 20.3. The molecule has 0 spiro atoms. The van der Waals surface area contributed by atoms with Crippen molar-refractivity contribution in [2.75, 3.05) is 31.1 Å². The predicted octanol–water partition coefficient (Wildman–Crippen LogP) is 3.51. The highest BCUT2D eigenvalue weighted by Crippen LogP contribution is 2.20. The zero-order chi connectivity index (χ0) is 21.1. The average Bonchev–Trinajstić information content (AvgIpc) is 3.24. The number of piperazine rings is 1. The topological polar surface area (TPSA) is 75.4 Å². The van der Waals surface area contributed by atoms with Crippen molar-refractivity contribution < 1.29 is 13.7 Å². The van der Waals surface area contributed by atoms with E-state index in [2.05, 4.69) is 20.0 Å². The maximum Gasteiger partial charge on any atom is 0.227 e. The fourth-order valence-electron chi connectivity index (χ4n) is 3.32. The van der Waals surface area contributed by atoms with E-state index in [-0.39, 0.29) is 18.1 Å². The van der Waals surface area contributed by atoms with Crippen molar-refractivity contribution in [1.82, 2.24) is 20.0 Å². The van der Waals surface area contributed by atoms with Crippen LogP contribution in [0.25, 0.3) is 11.4 Å². The van der Waals surface area contributed by atoms with Crippen LogP contribution in [0.4, 0.5) is 10.2 Å². The van der Waals surface area contributed by atoms with Crippen molar-refractivity contribution in [3.63, 3.8) is 0 Å². The Kier molecular flexibility index (Phi) is 5.94. The van der Waals surface area contributed by atoms with Crippen LogP contribution in [0, 0.1) is 12.7 Å². The molecule has 0 bridgehead atoms. The number of carbonyl (C=O) groups is 1. The van der Waals surface area contributed by atoms with Crippen molar-refractivity contribution in [1.29, 1.82) is 0 Å². The number of pyridine rings is 1. The number of hydrogen-bond donors (Lipinski definition) is 0. The number of aryl methyl sites for hydroxylation is 2. The zero-order valence-electron chi connectivity index (χ0n) is 16.5. The summed E-state index contributed by atoms with van der Waals surface area (Å²) in [6.45, 7) is 4.37. The zero-order valence-corrected chi connectivity index (χ0v) is 17.3. The predicted molar refractivity (Wildman–Crippen MR) is 111 cm³/mol. The standard InChI is InChI=1S/C21H21ClFN5O2/c1-14-2-3-15(12-17(14)23)21-25-19(30-26-21)6-7-20(29)28-10-8-27(9-11-28)18-5-4-16(22)13-24-18/h2-5,12-13H,6-11H2,1H3. The van der Waals surface area contributed by atoms with Crippen LogP contribution < -0.4 is 4.90 Å². The lowest BCUT2D eigenvalue weighted by atomic mass is 10.1. The molecule has 1 saturated heterocycles. The van der Waals surface area contributed by atoms with Gasteiger partial charge in [-0.05, 0) is 30.7 Å². The summed E-state index contributed by atoms with van der Waals surface area (Å²) in [6.07, 6.45) is 2.25. The Bertz CT molecular complexity index is 1030. The van der Waals surface area contributed by atoms with Gasteiger partial charge in [-0.2, -0.15) is 4.98 Å². The van der Waals surface area contributed by atoms with Gasteiger partial charge in [-0.1, -0.05) is 28.9 Å². The van der Waals surface area contributed by atoms with E-state index < -0.39 is 0 Å². The molecule has 0 saturated carbocycles. The molecule has 7 nitrogen and oxygen atoms in total. The van der Waals surface area contributed by atoms with Crippen molar-refractivity contribution >= 4 is 23.3 Å². The van der Waals surface area contributed by atoms with Gasteiger partial charge in [-0.15, -0.1) is 0 Å². The molecule has 1 fully saturated rings. The fraction of sp³-hybridized carbons (Fsp3) is 0.333. The van der Waals surface area contributed by atoms with Gasteiger partial charge in [0.2, 0.25) is 17.6 Å². The Labute approximate surface area is 178 Å². The summed E-state index contributed by atoms with van der Waals surface area (Å²) in [5.41, 5.74) is 1.10. The van der Waals surface area contributed by atoms with Crippen molar-refractivity contribution in [2.24, 2.45) is 0 Å². The SMILES string of the molecule is Cc1ccc(-c2noc(CCC(=O)N3CCN(c4ccc(Cl)cn4)CC3)n2)cc1F. The van der Waals surface area contributed by atoms with Gasteiger partial charge in [0.05, 0.1) is 5.02 Å². The summed E-state index contributed by atoms with van der Waals surface area (Å²) in [4.78, 5) is 25.1. The molecule has 1 aromatic carbocycles. The second kappa shape index (κ2) is 8.79. The first-order valence-corrected chi connectivity index (χ1v) is 10.1. The molecule has 1 aliphatic heterocycles. The lowest BCUT2D eigenvalue weighted by Gasteiger charge is -2.35. The molecule has 0 unspecified atom stereocenters. The summed E-state index contributed by atoms with van der Waals surface area (Å²) in [5, 5.41) is 4.50. The molecular weight excluding hydrogens is 409 g/mol. The quantitative estimate of drug-likeness (QED) is 0.617. The Morgan fingerprint density at radius 3 is 2.70 bits per heavy atom. The molecule has 3 aromatic rings. The van der Waals surface area contributed by atoms with Gasteiger partial charge in [-0.3, -0.25) is 4.79 Å². The van der Waals surface area contributed by atoms with Gasteiger partial charge in [0.25, 0.3) is 0 Å². The average molecular weight is 430 g/mol. The Morgan fingerprint density at radius 2 is 2.00 bits per heavy atom. The van der Waals surface area contributed by atoms with Gasteiger partial charge < -0.3 is 14.3 Å². The van der Waals surface area contributed by atoms with Gasteiger partial charge in [0.1, 0.15) is 11.6 Å². The minimum absolute atomic E-state index is 0.0415. The third kappa shape index (κ3) is 4.59. The smallest absolute Gasteiger partial charge is 0.227 e. The van der Waals surface area contributed by atoms with Crippen LogP contribution in [0.1, 0.15) is 17.9 Å². The van der Waals surface area contributed by atoms with E-state index in [9.17, 15) is 9.18 Å². The van der Waals surface area contributed by atoms with Crippen LogP contribution in [0.2, 0.25) is 5.02 Å². The Balaban J connectivity index is 1.28. The monoisotopic (exact) mass is 429 g/mol. The summed E-state index contributed by atoms with van der Waals surface area (Å²) >= 11 is 5.88. The van der Waals surface area contributed by atoms with E-state index in [1.54, 1.807) is 25.3 Å². The number of aromatic nitrogens is 3. The molecule has 2 aromatic heterocycles. The Morgan fingerprint density at radius 1 is 1.20 bits per heavy atom. The molecule has 0 radical (unpaired) electrons. The van der Waals surface area contributed by atoms with Gasteiger partial charge in [0, 0.05) is 50.8 Å². The molecule has 4 rings (SSSR count). The lowest BCUT2D eigenvalue weighted by Crippen LogP contribution is -2.49. The molecule has 1 amide bonds. The first-order valence-electron chi connectivity index (χ1n) is 9.73. The van der Waals surface area contributed by atoms with E-state index in [0.29, 0.717) is 60.5 Å². The van der Waals surface area contributed by atoms with E-state index in [1.807, 2.05) is 17.0 Å². The molecule has 0 atom stereocenters. The molecule has 1 aliphatic rings. The van der Waals surface area contributed by atoms with Crippen LogP contribution in [0.15, 0.2) is 41.1 Å². The van der Waals surface area contributed by atoms with Gasteiger partial charge in [0.15, 0.2) is 0 Å². The lowest BCUT2D eigenvalue weighted by molar-refractivity contribution is -0.131. The number of carbonyl (C=O) groups excluding carboxylic acids is 1.